The van der Waals surface area contributed by atoms with Crippen molar-refractivity contribution in [2.75, 3.05) is 5.73 Å². The molecule has 0 atom stereocenters. The van der Waals surface area contributed by atoms with E-state index in [-0.39, 0.29) is 12.2 Å². The zero-order chi connectivity index (χ0) is 22.1. The molecule has 0 aliphatic carbocycles. The molecule has 1 aromatic carbocycles. The van der Waals surface area contributed by atoms with Gasteiger partial charge >= 0.3 is 5.97 Å². The molecule has 0 amide bonds. The van der Waals surface area contributed by atoms with Crippen LogP contribution in [0, 0.1) is 12.7 Å². The summed E-state index contributed by atoms with van der Waals surface area (Å²) in [5.74, 6) is -1.96. The highest BCUT2D eigenvalue weighted by Gasteiger charge is 2.19. The Morgan fingerprint density at radius 1 is 1.26 bits per heavy atom. The average Bonchev–Trinajstić information content (AvgIpc) is 3.34. The first-order valence-corrected chi connectivity index (χ1v) is 10.5. The largest absolute Gasteiger partial charge is 0.507 e. The number of halogens is 1. The molecule has 4 rings (SSSR count). The molecule has 158 valence electrons. The number of hydrogen-bond donors (Lipinski definition) is 3. The van der Waals surface area contributed by atoms with Crippen LogP contribution in [0.1, 0.15) is 21.1 Å². The van der Waals surface area contributed by atoms with Gasteiger partial charge in [0.25, 0.3) is 0 Å². The lowest BCUT2D eigenvalue weighted by Gasteiger charge is -2.04. The Morgan fingerprint density at radius 3 is 2.81 bits per heavy atom. The van der Waals surface area contributed by atoms with Gasteiger partial charge in [-0.2, -0.15) is 4.98 Å². The molecule has 0 saturated heterocycles. The molecule has 0 fully saturated rings. The number of phenols is 1. The molecule has 0 spiro atoms. The van der Waals surface area contributed by atoms with Crippen LogP contribution >= 0.6 is 22.7 Å². The van der Waals surface area contributed by atoms with Crippen LogP contribution in [0.3, 0.4) is 0 Å². The number of carboxylic acid groups (broad SMARTS) is 1. The summed E-state index contributed by atoms with van der Waals surface area (Å²) in [5, 5.41) is 21.7. The molecule has 3 heterocycles. The van der Waals surface area contributed by atoms with Gasteiger partial charge in [0, 0.05) is 17.0 Å². The van der Waals surface area contributed by atoms with Gasteiger partial charge in [0.05, 0.1) is 16.3 Å². The minimum absolute atomic E-state index is 0.0252. The van der Waals surface area contributed by atoms with E-state index in [1.54, 1.807) is 23.6 Å². The lowest BCUT2D eigenvalue weighted by Crippen LogP contribution is -1.98. The summed E-state index contributed by atoms with van der Waals surface area (Å²) >= 11 is 2.56. The topological polar surface area (TPSA) is 131 Å². The van der Waals surface area contributed by atoms with E-state index in [1.165, 1.54) is 22.7 Å². The number of aromatic hydroxyl groups is 1. The highest BCUT2D eigenvalue weighted by molar-refractivity contribution is 7.16. The van der Waals surface area contributed by atoms with E-state index in [4.69, 9.17) is 15.6 Å². The summed E-state index contributed by atoms with van der Waals surface area (Å²) in [6, 6.07) is 6.96. The van der Waals surface area contributed by atoms with Crippen LogP contribution in [-0.4, -0.2) is 31.1 Å². The van der Waals surface area contributed by atoms with E-state index in [0.717, 1.165) is 22.7 Å². The fourth-order valence-corrected chi connectivity index (χ4v) is 4.64. The third-order valence-electron chi connectivity index (χ3n) is 4.21. The second kappa shape index (κ2) is 8.28. The molecule has 8 nitrogen and oxygen atoms in total. The first-order chi connectivity index (χ1) is 14.8. The quantitative estimate of drug-likeness (QED) is 0.389. The maximum atomic E-state index is 14.4. The minimum Gasteiger partial charge on any atom is -0.507 e. The molecule has 4 N–H and O–H groups in total. The number of rotatable bonds is 6. The van der Waals surface area contributed by atoms with E-state index in [1.807, 2.05) is 6.92 Å². The predicted octanol–water partition coefficient (Wildman–Crippen LogP) is 4.34. The molecule has 4 aromatic rings. The van der Waals surface area contributed by atoms with Crippen LogP contribution in [0.25, 0.3) is 21.1 Å². The number of hydrogen-bond acceptors (Lipinski definition) is 9. The number of carboxylic acids is 1. The number of pyridine rings is 1. The number of nitrogens with zero attached hydrogens (tertiary/aromatic N) is 3. The highest BCUT2D eigenvalue weighted by atomic mass is 32.1. The Morgan fingerprint density at radius 2 is 2.06 bits per heavy atom. The Labute approximate surface area is 183 Å². The van der Waals surface area contributed by atoms with Crippen LogP contribution in [0.5, 0.6) is 11.6 Å². The van der Waals surface area contributed by atoms with Gasteiger partial charge in [0.1, 0.15) is 39.6 Å². The van der Waals surface area contributed by atoms with Gasteiger partial charge in [-0.05, 0) is 25.1 Å². The lowest BCUT2D eigenvalue weighted by atomic mass is 10.1. The van der Waals surface area contributed by atoms with Crippen LogP contribution in [-0.2, 0) is 6.61 Å². The van der Waals surface area contributed by atoms with Gasteiger partial charge in [0.2, 0.25) is 5.88 Å². The van der Waals surface area contributed by atoms with Crippen LogP contribution < -0.4 is 10.5 Å². The Bertz CT molecular complexity index is 1290. The van der Waals surface area contributed by atoms with Crippen molar-refractivity contribution in [1.82, 2.24) is 15.0 Å². The summed E-state index contributed by atoms with van der Waals surface area (Å²) in [5.41, 5.74) is 6.51. The number of aryl methyl sites for hydroxylation is 1. The molecular formula is C20H15FN4O4S2. The monoisotopic (exact) mass is 458 g/mol. The molecule has 0 saturated carbocycles. The third-order valence-corrected chi connectivity index (χ3v) is 6.24. The maximum absolute atomic E-state index is 14.4. The summed E-state index contributed by atoms with van der Waals surface area (Å²) in [4.78, 5) is 24.9. The summed E-state index contributed by atoms with van der Waals surface area (Å²) in [6.07, 6.45) is 0. The lowest BCUT2D eigenvalue weighted by molar-refractivity contribution is 0.0693. The van der Waals surface area contributed by atoms with Gasteiger partial charge in [-0.25, -0.2) is 19.2 Å². The van der Waals surface area contributed by atoms with Gasteiger partial charge in [0.15, 0.2) is 0 Å². The van der Waals surface area contributed by atoms with Crippen molar-refractivity contribution >= 4 is 34.5 Å². The summed E-state index contributed by atoms with van der Waals surface area (Å²) in [7, 11) is 0. The van der Waals surface area contributed by atoms with E-state index in [0.29, 0.717) is 27.4 Å². The van der Waals surface area contributed by atoms with Crippen LogP contribution in [0.15, 0.2) is 35.7 Å². The fraction of sp³-hybridized carbons (Fsp3) is 0.100. The number of benzene rings is 1. The van der Waals surface area contributed by atoms with E-state index < -0.39 is 23.1 Å². The average molecular weight is 458 g/mol. The van der Waals surface area contributed by atoms with Crippen molar-refractivity contribution in [2.24, 2.45) is 0 Å². The van der Waals surface area contributed by atoms with Crippen molar-refractivity contribution in [3.63, 3.8) is 0 Å². The molecule has 31 heavy (non-hydrogen) atoms. The van der Waals surface area contributed by atoms with Gasteiger partial charge in [-0.15, -0.1) is 22.7 Å². The van der Waals surface area contributed by atoms with Crippen molar-refractivity contribution < 1.29 is 24.1 Å². The minimum atomic E-state index is -1.41. The van der Waals surface area contributed by atoms with Crippen LogP contribution in [0.4, 0.5) is 10.2 Å². The Hall–Kier alpha value is -3.57. The molecule has 0 aliphatic rings. The number of aromatic nitrogens is 3. The number of nitrogens with two attached hydrogens (primary N) is 1. The number of aromatic carboxylic acids is 1. The zero-order valence-corrected chi connectivity index (χ0v) is 17.6. The maximum Gasteiger partial charge on any atom is 0.339 e. The Balaban J connectivity index is 1.57. The fourth-order valence-electron chi connectivity index (χ4n) is 2.80. The van der Waals surface area contributed by atoms with Gasteiger partial charge in [-0.1, -0.05) is 6.07 Å². The first kappa shape index (κ1) is 20.7. The highest BCUT2D eigenvalue weighted by Crippen LogP contribution is 2.36. The molecule has 0 radical (unpaired) electrons. The van der Waals surface area contributed by atoms with Gasteiger partial charge < -0.3 is 20.7 Å². The molecule has 0 unspecified atom stereocenters. The van der Waals surface area contributed by atoms with Crippen molar-refractivity contribution in [3.05, 3.63) is 57.8 Å². The number of anilines is 1. The number of ether oxygens (including phenoxy) is 1. The normalized spacial score (nSPS) is 10.9. The summed E-state index contributed by atoms with van der Waals surface area (Å²) in [6.45, 7) is 2.04. The van der Waals surface area contributed by atoms with E-state index >= 15 is 0 Å². The second-order valence-corrected chi connectivity index (χ2v) is 8.35. The number of nitrogen functional groups attached to an aromatic ring is 1. The Kier molecular flexibility index (Phi) is 5.53. The molecular weight excluding hydrogens is 443 g/mol. The van der Waals surface area contributed by atoms with E-state index in [9.17, 15) is 14.3 Å². The predicted molar refractivity (Wildman–Crippen MR) is 115 cm³/mol. The van der Waals surface area contributed by atoms with Crippen molar-refractivity contribution in [2.45, 2.75) is 13.5 Å². The zero-order valence-electron chi connectivity index (χ0n) is 16.0. The molecule has 0 bridgehead atoms. The smallest absolute Gasteiger partial charge is 0.339 e. The molecule has 0 aliphatic heterocycles. The number of carbonyl (C=O) groups is 1. The second-order valence-electron chi connectivity index (χ2n) is 6.40. The standard InChI is InChI=1S/C20H15FN4O4S2/c1-9-18(31-17(23-9)7-29-16-4-2-3-15(22)25-16)13-8-30-19(24-13)10-6-14(26)11(20(27)28)5-12(10)21/h2-6,8,26H,7H2,1H3,(H2,22,25)(H,27,28). The van der Waals surface area contributed by atoms with Gasteiger partial charge in [-0.3, -0.25) is 0 Å². The molecule has 11 heteroatoms. The van der Waals surface area contributed by atoms with E-state index in [2.05, 4.69) is 15.0 Å². The summed E-state index contributed by atoms with van der Waals surface area (Å²) < 4.78 is 20.0. The molecule has 3 aromatic heterocycles. The SMILES string of the molecule is Cc1nc(COc2cccc(N)n2)sc1-c1csc(-c2cc(O)c(C(=O)O)cc2F)n1. The van der Waals surface area contributed by atoms with Crippen molar-refractivity contribution in [1.29, 1.82) is 0 Å². The number of thiazole rings is 2. The van der Waals surface area contributed by atoms with Crippen LogP contribution in [0.2, 0.25) is 0 Å². The third kappa shape index (κ3) is 4.32. The first-order valence-electron chi connectivity index (χ1n) is 8.85. The van der Waals surface area contributed by atoms with Crippen molar-refractivity contribution in [3.8, 4) is 32.8 Å².